The fourth-order valence-corrected chi connectivity index (χ4v) is 3.08. The molecule has 0 radical (unpaired) electrons. The summed E-state index contributed by atoms with van der Waals surface area (Å²) in [5.41, 5.74) is 3.86. The Kier molecular flexibility index (Phi) is 5.51. The van der Waals surface area contributed by atoms with Crippen molar-refractivity contribution in [1.29, 1.82) is 5.26 Å². The minimum atomic E-state index is -4.71. The van der Waals surface area contributed by atoms with Crippen LogP contribution in [0.2, 0.25) is 0 Å². The average molecular weight is 392 g/mol. The summed E-state index contributed by atoms with van der Waals surface area (Å²) in [4.78, 5) is 11.9. The molecular formula is C23H15F3N2O. The van der Waals surface area contributed by atoms with Crippen LogP contribution in [0, 0.1) is 11.3 Å². The monoisotopic (exact) mass is 392 g/mol. The van der Waals surface area contributed by atoms with Crippen molar-refractivity contribution in [2.45, 2.75) is 6.18 Å². The van der Waals surface area contributed by atoms with Crippen molar-refractivity contribution >= 4 is 27.8 Å². The average Bonchev–Trinajstić information content (AvgIpc) is 2.70. The Morgan fingerprint density at radius 3 is 2.17 bits per heavy atom. The third-order valence-corrected chi connectivity index (χ3v) is 4.39. The number of carbonyl (C=O) groups is 1. The van der Waals surface area contributed by atoms with E-state index >= 15 is 0 Å². The zero-order valence-electron chi connectivity index (χ0n) is 15.1. The molecule has 2 N–H and O–H groups in total. The van der Waals surface area contributed by atoms with E-state index in [1.54, 1.807) is 54.6 Å². The molecule has 3 nitrogen and oxygen atoms in total. The van der Waals surface area contributed by atoms with Gasteiger partial charge in [0.2, 0.25) is 0 Å². The summed E-state index contributed by atoms with van der Waals surface area (Å²) in [7, 11) is 0. The molecule has 1 amide bonds. The summed E-state index contributed by atoms with van der Waals surface area (Å²) >= 11 is 0. The highest BCUT2D eigenvalue weighted by atomic mass is 19.4. The number of nitriles is 1. The first-order chi connectivity index (χ1) is 13.8. The van der Waals surface area contributed by atoms with Crippen molar-refractivity contribution in [3.63, 3.8) is 0 Å². The molecule has 0 saturated carbocycles. The highest BCUT2D eigenvalue weighted by molar-refractivity contribution is 6.10. The Morgan fingerprint density at radius 2 is 1.55 bits per heavy atom. The first kappa shape index (κ1) is 19.9. The predicted octanol–water partition coefficient (Wildman–Crippen LogP) is 5.25. The van der Waals surface area contributed by atoms with Crippen LogP contribution in [0.4, 0.5) is 13.2 Å². The van der Waals surface area contributed by atoms with Crippen LogP contribution in [0.25, 0.3) is 21.9 Å². The fourth-order valence-electron chi connectivity index (χ4n) is 3.08. The molecule has 6 heteroatoms. The second-order valence-electron chi connectivity index (χ2n) is 6.21. The molecular weight excluding hydrogens is 377 g/mol. The molecule has 0 aliphatic carbocycles. The molecule has 3 aromatic rings. The zero-order valence-corrected chi connectivity index (χ0v) is 15.1. The third kappa shape index (κ3) is 4.19. The summed E-state index contributed by atoms with van der Waals surface area (Å²) in [6.07, 6.45) is -3.89. The fraction of sp³-hybridized carbons (Fsp3) is 0.0435. The molecule has 0 atom stereocenters. The van der Waals surface area contributed by atoms with E-state index in [1.807, 2.05) is 0 Å². The molecule has 0 aliphatic rings. The number of nitrogens with zero attached hydrogens (tertiary/aromatic N) is 1. The quantitative estimate of drug-likeness (QED) is 0.374. The van der Waals surface area contributed by atoms with Crippen molar-refractivity contribution in [2.24, 2.45) is 5.73 Å². The molecule has 0 aliphatic heterocycles. The standard InChI is InChI=1S/C23H15F3N2O/c24-23(25,26)21(16-8-2-1-3-9-16)13-19(20(14-27)22(28)29)18-12-6-10-15-7-4-5-11-17(15)18/h1-13H,(H2,28,29)/b20-19+,21-13+. The van der Waals surface area contributed by atoms with Crippen LogP contribution in [-0.2, 0) is 4.79 Å². The normalized spacial score (nSPS) is 13.0. The Labute approximate surface area is 165 Å². The number of fused-ring (bicyclic) bond motifs is 1. The van der Waals surface area contributed by atoms with Crippen LogP contribution < -0.4 is 5.73 Å². The van der Waals surface area contributed by atoms with E-state index in [0.717, 1.165) is 11.5 Å². The van der Waals surface area contributed by atoms with Gasteiger partial charge in [-0.1, -0.05) is 72.8 Å². The molecule has 3 aromatic carbocycles. The van der Waals surface area contributed by atoms with E-state index in [9.17, 15) is 23.2 Å². The lowest BCUT2D eigenvalue weighted by Crippen LogP contribution is -2.16. The van der Waals surface area contributed by atoms with Gasteiger partial charge in [0, 0.05) is 5.57 Å². The van der Waals surface area contributed by atoms with Gasteiger partial charge in [0.05, 0.1) is 5.57 Å². The number of amides is 1. The molecule has 0 fully saturated rings. The van der Waals surface area contributed by atoms with Crippen LogP contribution in [-0.4, -0.2) is 12.1 Å². The zero-order chi connectivity index (χ0) is 21.0. The van der Waals surface area contributed by atoms with Gasteiger partial charge < -0.3 is 5.73 Å². The first-order valence-electron chi connectivity index (χ1n) is 8.59. The van der Waals surface area contributed by atoms with Gasteiger partial charge in [-0.25, -0.2) is 0 Å². The number of hydrogen-bond donors (Lipinski definition) is 1. The molecule has 29 heavy (non-hydrogen) atoms. The molecule has 0 saturated heterocycles. The van der Waals surface area contributed by atoms with Gasteiger partial charge in [0.15, 0.2) is 0 Å². The van der Waals surface area contributed by atoms with Gasteiger partial charge in [0.1, 0.15) is 11.6 Å². The number of primary amides is 1. The second kappa shape index (κ2) is 8.03. The van der Waals surface area contributed by atoms with Gasteiger partial charge in [-0.2, -0.15) is 18.4 Å². The van der Waals surface area contributed by atoms with Crippen LogP contribution in [0.5, 0.6) is 0 Å². The van der Waals surface area contributed by atoms with E-state index in [-0.39, 0.29) is 11.1 Å². The lowest BCUT2D eigenvalue weighted by molar-refractivity contribution is -0.114. The Bertz CT molecular complexity index is 1160. The number of benzene rings is 3. The summed E-state index contributed by atoms with van der Waals surface area (Å²) in [5, 5.41) is 10.8. The summed E-state index contributed by atoms with van der Waals surface area (Å²) < 4.78 is 41.6. The van der Waals surface area contributed by atoms with E-state index < -0.39 is 23.2 Å². The first-order valence-corrected chi connectivity index (χ1v) is 8.59. The lowest BCUT2D eigenvalue weighted by atomic mass is 9.91. The summed E-state index contributed by atoms with van der Waals surface area (Å²) in [6.45, 7) is 0. The molecule has 144 valence electrons. The smallest absolute Gasteiger partial charge is 0.365 e. The van der Waals surface area contributed by atoms with Gasteiger partial charge in [-0.3, -0.25) is 4.79 Å². The number of hydrogen-bond acceptors (Lipinski definition) is 2. The Hall–Kier alpha value is -3.85. The summed E-state index contributed by atoms with van der Waals surface area (Å²) in [5.74, 6) is -1.10. The van der Waals surface area contributed by atoms with Crippen LogP contribution in [0.15, 0.2) is 84.4 Å². The number of alkyl halides is 3. The van der Waals surface area contributed by atoms with Crippen LogP contribution in [0.1, 0.15) is 11.1 Å². The van der Waals surface area contributed by atoms with Crippen LogP contribution in [0.3, 0.4) is 0 Å². The SMILES string of the molecule is N#C/C(C(N)=O)=C(/C=C(\c1ccccc1)C(F)(F)F)c1cccc2ccccc12. The van der Waals surface area contributed by atoms with Crippen LogP contribution >= 0.6 is 0 Å². The predicted molar refractivity (Wildman–Crippen MR) is 106 cm³/mol. The summed E-state index contributed by atoms with van der Waals surface area (Å²) in [6, 6.07) is 20.9. The number of allylic oxidation sites excluding steroid dienone is 3. The minimum Gasteiger partial charge on any atom is -0.365 e. The van der Waals surface area contributed by atoms with Gasteiger partial charge in [0.25, 0.3) is 5.91 Å². The van der Waals surface area contributed by atoms with Crippen molar-refractivity contribution in [3.8, 4) is 6.07 Å². The maximum Gasteiger partial charge on any atom is 0.417 e. The minimum absolute atomic E-state index is 0.0838. The molecule has 0 heterocycles. The van der Waals surface area contributed by atoms with Crippen molar-refractivity contribution < 1.29 is 18.0 Å². The second-order valence-corrected chi connectivity index (χ2v) is 6.21. The number of carbonyl (C=O) groups excluding carboxylic acids is 1. The third-order valence-electron chi connectivity index (χ3n) is 4.39. The molecule has 0 spiro atoms. The van der Waals surface area contributed by atoms with Crippen molar-refractivity contribution in [3.05, 3.63) is 95.6 Å². The largest absolute Gasteiger partial charge is 0.417 e. The molecule has 0 aromatic heterocycles. The maximum atomic E-state index is 13.9. The van der Waals surface area contributed by atoms with Gasteiger partial charge in [-0.15, -0.1) is 0 Å². The van der Waals surface area contributed by atoms with Gasteiger partial charge in [-0.05, 0) is 28.0 Å². The molecule has 3 rings (SSSR count). The van der Waals surface area contributed by atoms with E-state index in [1.165, 1.54) is 24.3 Å². The lowest BCUT2D eigenvalue weighted by Gasteiger charge is -2.15. The maximum absolute atomic E-state index is 13.9. The molecule has 0 bridgehead atoms. The topological polar surface area (TPSA) is 66.9 Å². The molecule has 0 unspecified atom stereocenters. The Morgan fingerprint density at radius 1 is 0.931 bits per heavy atom. The van der Waals surface area contributed by atoms with Crippen molar-refractivity contribution in [1.82, 2.24) is 0 Å². The highest BCUT2D eigenvalue weighted by Gasteiger charge is 2.35. The number of rotatable bonds is 4. The van der Waals surface area contributed by atoms with Crippen molar-refractivity contribution in [2.75, 3.05) is 0 Å². The Balaban J connectivity index is 2.40. The van der Waals surface area contributed by atoms with E-state index in [0.29, 0.717) is 10.9 Å². The number of halogens is 3. The highest BCUT2D eigenvalue weighted by Crippen LogP contribution is 2.38. The van der Waals surface area contributed by atoms with Gasteiger partial charge >= 0.3 is 6.18 Å². The van der Waals surface area contributed by atoms with E-state index in [4.69, 9.17) is 5.73 Å². The van der Waals surface area contributed by atoms with E-state index in [2.05, 4.69) is 0 Å². The number of nitrogens with two attached hydrogens (primary N) is 1.